The molecular weight excluding hydrogens is 266 g/mol. The molecule has 1 saturated heterocycles. The van der Waals surface area contributed by atoms with E-state index >= 15 is 0 Å². The zero-order valence-electron chi connectivity index (χ0n) is 11.0. The van der Waals surface area contributed by atoms with Gasteiger partial charge in [-0.3, -0.25) is 9.78 Å². The van der Waals surface area contributed by atoms with Crippen LogP contribution < -0.4 is 5.73 Å². The van der Waals surface area contributed by atoms with Crippen LogP contribution in [0.5, 0.6) is 0 Å². The van der Waals surface area contributed by atoms with Gasteiger partial charge in [0.2, 0.25) is 5.91 Å². The van der Waals surface area contributed by atoms with Gasteiger partial charge in [-0.05, 0) is 18.6 Å². The fourth-order valence-electron chi connectivity index (χ4n) is 2.24. The number of carbonyl (C=O) groups is 1. The molecule has 1 fully saturated rings. The van der Waals surface area contributed by atoms with Gasteiger partial charge in [0.1, 0.15) is 0 Å². The Morgan fingerprint density at radius 1 is 1.58 bits per heavy atom. The van der Waals surface area contributed by atoms with Crippen molar-refractivity contribution in [3.63, 3.8) is 0 Å². The predicted octanol–water partition coefficient (Wildman–Crippen LogP) is 1.12. The number of ether oxygens (including phenoxy) is 1. The van der Waals surface area contributed by atoms with Gasteiger partial charge < -0.3 is 15.4 Å². The number of amides is 1. The summed E-state index contributed by atoms with van der Waals surface area (Å²) in [6.07, 6.45) is 2.95. The zero-order chi connectivity index (χ0) is 13.0. The van der Waals surface area contributed by atoms with Crippen LogP contribution >= 0.6 is 12.4 Å². The largest absolute Gasteiger partial charge is 0.397 e. The second-order valence-electron chi connectivity index (χ2n) is 4.71. The van der Waals surface area contributed by atoms with E-state index in [4.69, 9.17) is 10.5 Å². The number of anilines is 1. The molecule has 0 aromatic carbocycles. The number of pyridine rings is 1. The Morgan fingerprint density at radius 2 is 2.37 bits per heavy atom. The van der Waals surface area contributed by atoms with E-state index < -0.39 is 0 Å². The van der Waals surface area contributed by atoms with Crippen molar-refractivity contribution in [1.29, 1.82) is 0 Å². The summed E-state index contributed by atoms with van der Waals surface area (Å²) >= 11 is 0. The van der Waals surface area contributed by atoms with Gasteiger partial charge in [0.15, 0.2) is 0 Å². The van der Waals surface area contributed by atoms with Crippen LogP contribution in [0.15, 0.2) is 18.3 Å². The summed E-state index contributed by atoms with van der Waals surface area (Å²) in [5.41, 5.74) is 6.95. The molecule has 1 aromatic rings. The van der Waals surface area contributed by atoms with Gasteiger partial charge in [0.25, 0.3) is 0 Å². The number of methoxy groups -OCH3 is 1. The van der Waals surface area contributed by atoms with Crippen molar-refractivity contribution in [2.75, 3.05) is 32.5 Å². The molecule has 5 nitrogen and oxygen atoms in total. The number of nitrogens with zero attached hydrogens (tertiary/aromatic N) is 2. The minimum absolute atomic E-state index is 0. The van der Waals surface area contributed by atoms with E-state index in [1.165, 1.54) is 0 Å². The Hall–Kier alpha value is -1.33. The van der Waals surface area contributed by atoms with Crippen molar-refractivity contribution in [3.8, 4) is 0 Å². The van der Waals surface area contributed by atoms with Gasteiger partial charge in [-0.1, -0.05) is 0 Å². The number of nitrogen functional groups attached to an aromatic ring is 1. The molecule has 106 valence electrons. The van der Waals surface area contributed by atoms with E-state index in [1.807, 2.05) is 4.90 Å². The maximum atomic E-state index is 12.1. The maximum Gasteiger partial charge on any atom is 0.228 e. The molecule has 0 aliphatic carbocycles. The number of nitrogens with two attached hydrogens (primary N) is 1. The Bertz CT molecular complexity index is 411. The number of aromatic nitrogens is 1. The molecule has 2 N–H and O–H groups in total. The van der Waals surface area contributed by atoms with Crippen LogP contribution in [0.2, 0.25) is 0 Å². The number of halogens is 1. The van der Waals surface area contributed by atoms with Crippen molar-refractivity contribution in [3.05, 3.63) is 24.0 Å². The maximum absolute atomic E-state index is 12.1. The third-order valence-corrected chi connectivity index (χ3v) is 3.22. The van der Waals surface area contributed by atoms with Crippen LogP contribution in [-0.2, 0) is 16.0 Å². The van der Waals surface area contributed by atoms with E-state index in [0.29, 0.717) is 18.0 Å². The first-order valence-corrected chi connectivity index (χ1v) is 6.16. The summed E-state index contributed by atoms with van der Waals surface area (Å²) in [6.45, 7) is 2.34. The molecule has 1 unspecified atom stereocenters. The second kappa shape index (κ2) is 7.31. The van der Waals surface area contributed by atoms with Crippen LogP contribution in [0.4, 0.5) is 5.69 Å². The van der Waals surface area contributed by atoms with Gasteiger partial charge in [0.05, 0.1) is 24.9 Å². The predicted molar refractivity (Wildman–Crippen MR) is 76.2 cm³/mol. The molecule has 6 heteroatoms. The lowest BCUT2D eigenvalue weighted by atomic mass is 10.1. The van der Waals surface area contributed by atoms with Crippen molar-refractivity contribution < 1.29 is 9.53 Å². The van der Waals surface area contributed by atoms with Crippen LogP contribution in [-0.4, -0.2) is 42.6 Å². The van der Waals surface area contributed by atoms with Gasteiger partial charge >= 0.3 is 0 Å². The molecule has 1 atom stereocenters. The highest BCUT2D eigenvalue weighted by Gasteiger charge is 2.26. The SMILES string of the molecule is COCC1CCN(C(=O)Cc2ccc(N)cn2)C1.Cl. The van der Waals surface area contributed by atoms with Crippen molar-refractivity contribution >= 4 is 24.0 Å². The number of hydrogen-bond donors (Lipinski definition) is 1. The van der Waals surface area contributed by atoms with Crippen molar-refractivity contribution in [2.45, 2.75) is 12.8 Å². The third-order valence-electron chi connectivity index (χ3n) is 3.22. The highest BCUT2D eigenvalue weighted by Crippen LogP contribution is 2.17. The molecule has 2 rings (SSSR count). The third kappa shape index (κ3) is 4.36. The Kier molecular flexibility index (Phi) is 6.05. The fourth-order valence-corrected chi connectivity index (χ4v) is 2.24. The van der Waals surface area contributed by atoms with Crippen LogP contribution in [0.25, 0.3) is 0 Å². The topological polar surface area (TPSA) is 68.5 Å². The highest BCUT2D eigenvalue weighted by molar-refractivity contribution is 5.85. The van der Waals surface area contributed by atoms with Gasteiger partial charge in [-0.25, -0.2) is 0 Å². The summed E-state index contributed by atoms with van der Waals surface area (Å²) < 4.78 is 5.12. The first kappa shape index (κ1) is 15.7. The molecule has 0 spiro atoms. The standard InChI is InChI=1S/C13H19N3O2.ClH/c1-18-9-10-4-5-16(8-10)13(17)6-12-3-2-11(14)7-15-12;/h2-3,7,10H,4-6,8-9,14H2,1H3;1H. The molecule has 1 aliphatic rings. The van der Waals surface area contributed by atoms with Crippen molar-refractivity contribution in [1.82, 2.24) is 9.88 Å². The lowest BCUT2D eigenvalue weighted by Gasteiger charge is -2.16. The zero-order valence-corrected chi connectivity index (χ0v) is 11.9. The van der Waals surface area contributed by atoms with Crippen LogP contribution in [0.3, 0.4) is 0 Å². The van der Waals surface area contributed by atoms with E-state index in [0.717, 1.165) is 31.8 Å². The summed E-state index contributed by atoms with van der Waals surface area (Å²) in [5, 5.41) is 0. The van der Waals surface area contributed by atoms with Crippen LogP contribution in [0.1, 0.15) is 12.1 Å². The minimum Gasteiger partial charge on any atom is -0.397 e. The summed E-state index contributed by atoms with van der Waals surface area (Å²) in [4.78, 5) is 18.1. The number of likely N-dealkylation sites (tertiary alicyclic amines) is 1. The molecule has 0 saturated carbocycles. The van der Waals surface area contributed by atoms with E-state index in [1.54, 1.807) is 25.4 Å². The molecule has 19 heavy (non-hydrogen) atoms. The fraction of sp³-hybridized carbons (Fsp3) is 0.538. The average molecular weight is 286 g/mol. The summed E-state index contributed by atoms with van der Waals surface area (Å²) in [7, 11) is 1.70. The van der Waals surface area contributed by atoms with E-state index in [2.05, 4.69) is 4.98 Å². The summed E-state index contributed by atoms with van der Waals surface area (Å²) in [6, 6.07) is 3.57. The number of hydrogen-bond acceptors (Lipinski definition) is 4. The van der Waals surface area contributed by atoms with Gasteiger partial charge in [-0.2, -0.15) is 0 Å². The van der Waals surface area contributed by atoms with E-state index in [9.17, 15) is 4.79 Å². The minimum atomic E-state index is 0. The second-order valence-corrected chi connectivity index (χ2v) is 4.71. The van der Waals surface area contributed by atoms with Gasteiger partial charge in [-0.15, -0.1) is 12.4 Å². The first-order valence-electron chi connectivity index (χ1n) is 6.16. The van der Waals surface area contributed by atoms with Crippen molar-refractivity contribution in [2.24, 2.45) is 5.92 Å². The normalized spacial score (nSPS) is 18.2. The molecule has 1 aromatic heterocycles. The highest BCUT2D eigenvalue weighted by atomic mass is 35.5. The quantitative estimate of drug-likeness (QED) is 0.900. The average Bonchev–Trinajstić information content (AvgIpc) is 2.81. The summed E-state index contributed by atoms with van der Waals surface area (Å²) in [5.74, 6) is 0.601. The lowest BCUT2D eigenvalue weighted by Crippen LogP contribution is -2.30. The van der Waals surface area contributed by atoms with Crippen LogP contribution in [0, 0.1) is 5.92 Å². The lowest BCUT2D eigenvalue weighted by molar-refractivity contribution is -0.129. The smallest absolute Gasteiger partial charge is 0.228 e. The monoisotopic (exact) mass is 285 g/mol. The molecule has 0 bridgehead atoms. The molecule has 0 radical (unpaired) electrons. The molecule has 2 heterocycles. The molecule has 1 amide bonds. The number of carbonyl (C=O) groups excluding carboxylic acids is 1. The molecular formula is C13H20ClN3O2. The first-order chi connectivity index (χ1) is 8.69. The number of rotatable bonds is 4. The Balaban J connectivity index is 0.00000180. The van der Waals surface area contributed by atoms with Gasteiger partial charge in [0, 0.05) is 31.8 Å². The van der Waals surface area contributed by atoms with E-state index in [-0.39, 0.29) is 18.3 Å². The Labute approximate surface area is 119 Å². The molecule has 1 aliphatic heterocycles. The Morgan fingerprint density at radius 3 is 3.00 bits per heavy atom.